The van der Waals surface area contributed by atoms with E-state index >= 15 is 0 Å². The molecule has 0 unspecified atom stereocenters. The molecule has 0 radical (unpaired) electrons. The number of nitrogens with one attached hydrogen (secondary N) is 2. The molecule has 0 heterocycles. The molecule has 5 nitrogen and oxygen atoms in total. The van der Waals surface area contributed by atoms with Gasteiger partial charge in [0.2, 0.25) is 0 Å². The third-order valence-electron chi connectivity index (χ3n) is 3.77. The Balaban J connectivity index is 0.00000364. The van der Waals surface area contributed by atoms with Gasteiger partial charge in [-0.1, -0.05) is 18.2 Å². The number of aromatic hydroxyl groups is 1. The number of guanidine groups is 1. The van der Waals surface area contributed by atoms with E-state index in [2.05, 4.69) is 15.6 Å². The van der Waals surface area contributed by atoms with Crippen LogP contribution in [0.2, 0.25) is 0 Å². The maximum absolute atomic E-state index is 13.4. The maximum Gasteiger partial charge on any atom is 0.191 e. The van der Waals surface area contributed by atoms with Crippen LogP contribution in [0.15, 0.2) is 41.4 Å². The minimum Gasteiger partial charge on any atom is -0.504 e. The van der Waals surface area contributed by atoms with Gasteiger partial charge in [-0.05, 0) is 55.7 Å². The Morgan fingerprint density at radius 2 is 1.85 bits per heavy atom. The third kappa shape index (κ3) is 7.24. The fourth-order valence-corrected chi connectivity index (χ4v) is 2.44. The summed E-state index contributed by atoms with van der Waals surface area (Å²) in [6.45, 7) is 7.82. The Kier molecular flexibility index (Phi) is 9.92. The van der Waals surface area contributed by atoms with Crippen LogP contribution in [0.3, 0.4) is 0 Å². The number of aliphatic imine (C=N–C) groups is 1. The number of rotatable bonds is 7. The van der Waals surface area contributed by atoms with Gasteiger partial charge in [0.25, 0.3) is 0 Å². The van der Waals surface area contributed by atoms with E-state index in [0.717, 1.165) is 17.7 Å². The first kappa shape index (κ1) is 23.0. The molecule has 7 heteroatoms. The number of aryl methyl sites for hydroxylation is 1. The van der Waals surface area contributed by atoms with Crippen LogP contribution >= 0.6 is 24.0 Å². The molecule has 0 bridgehead atoms. The van der Waals surface area contributed by atoms with Crippen molar-refractivity contribution >= 4 is 29.9 Å². The molecule has 2 aromatic carbocycles. The lowest BCUT2D eigenvalue weighted by Gasteiger charge is -2.13. The summed E-state index contributed by atoms with van der Waals surface area (Å²) in [5.41, 5.74) is 2.53. The molecule has 0 aliphatic heterocycles. The number of ether oxygens (including phenoxy) is 1. The molecule has 0 amide bonds. The second kappa shape index (κ2) is 11.6. The van der Waals surface area contributed by atoms with Crippen LogP contribution in [-0.2, 0) is 13.1 Å². The van der Waals surface area contributed by atoms with Crippen molar-refractivity contribution in [2.75, 3.05) is 13.2 Å². The van der Waals surface area contributed by atoms with Crippen LogP contribution < -0.4 is 15.4 Å². The predicted octanol–water partition coefficient (Wildman–Crippen LogP) is 4.11. The highest BCUT2D eigenvalue weighted by molar-refractivity contribution is 14.0. The van der Waals surface area contributed by atoms with E-state index < -0.39 is 0 Å². The van der Waals surface area contributed by atoms with Crippen molar-refractivity contribution in [1.82, 2.24) is 10.6 Å². The van der Waals surface area contributed by atoms with Crippen LogP contribution in [0.1, 0.15) is 30.5 Å². The van der Waals surface area contributed by atoms with Gasteiger partial charge in [-0.2, -0.15) is 0 Å². The summed E-state index contributed by atoms with van der Waals surface area (Å²) in [4.78, 5) is 4.54. The molecule has 0 saturated heterocycles. The number of phenolic OH excluding ortho intramolecular Hbond substituents is 1. The zero-order chi connectivity index (χ0) is 18.9. The van der Waals surface area contributed by atoms with Gasteiger partial charge in [0.15, 0.2) is 17.5 Å². The van der Waals surface area contributed by atoms with E-state index in [4.69, 9.17) is 4.74 Å². The van der Waals surface area contributed by atoms with E-state index in [1.54, 1.807) is 31.2 Å². The number of halogens is 2. The molecule has 0 aliphatic rings. The van der Waals surface area contributed by atoms with Gasteiger partial charge in [-0.25, -0.2) is 9.38 Å². The quantitative estimate of drug-likeness (QED) is 0.313. The molecule has 0 spiro atoms. The summed E-state index contributed by atoms with van der Waals surface area (Å²) >= 11 is 0. The summed E-state index contributed by atoms with van der Waals surface area (Å²) in [5.74, 6) is 1.05. The molecule has 0 atom stereocenters. The Morgan fingerprint density at radius 1 is 1.11 bits per heavy atom. The molecule has 0 fully saturated rings. The Bertz CT molecular complexity index is 769. The molecule has 27 heavy (non-hydrogen) atoms. The van der Waals surface area contributed by atoms with Gasteiger partial charge in [0.1, 0.15) is 5.82 Å². The molecule has 2 aromatic rings. The molecular weight excluding hydrogens is 460 g/mol. The Hall–Kier alpha value is -2.03. The van der Waals surface area contributed by atoms with Crippen LogP contribution in [0.25, 0.3) is 0 Å². The van der Waals surface area contributed by atoms with Crippen LogP contribution in [0, 0.1) is 12.7 Å². The topological polar surface area (TPSA) is 65.9 Å². The van der Waals surface area contributed by atoms with Crippen molar-refractivity contribution in [3.8, 4) is 11.5 Å². The monoisotopic (exact) mass is 487 g/mol. The molecule has 0 aromatic heterocycles. The zero-order valence-corrected chi connectivity index (χ0v) is 18.2. The smallest absolute Gasteiger partial charge is 0.191 e. The summed E-state index contributed by atoms with van der Waals surface area (Å²) in [6.07, 6.45) is 0. The van der Waals surface area contributed by atoms with Gasteiger partial charge < -0.3 is 20.5 Å². The highest BCUT2D eigenvalue weighted by Crippen LogP contribution is 2.26. The first-order valence-corrected chi connectivity index (χ1v) is 8.75. The van der Waals surface area contributed by atoms with Crippen molar-refractivity contribution in [2.24, 2.45) is 4.99 Å². The highest BCUT2D eigenvalue weighted by atomic mass is 127. The molecule has 3 N–H and O–H groups in total. The normalized spacial score (nSPS) is 10.9. The summed E-state index contributed by atoms with van der Waals surface area (Å²) < 4.78 is 18.8. The van der Waals surface area contributed by atoms with Gasteiger partial charge in [0.05, 0.1) is 13.2 Å². The summed E-state index contributed by atoms with van der Waals surface area (Å²) in [7, 11) is 0. The first-order valence-electron chi connectivity index (χ1n) is 8.75. The molecule has 2 rings (SSSR count). The maximum atomic E-state index is 13.4. The zero-order valence-electron chi connectivity index (χ0n) is 15.9. The Labute approximate surface area is 177 Å². The second-order valence-electron chi connectivity index (χ2n) is 5.87. The minimum atomic E-state index is -0.208. The van der Waals surface area contributed by atoms with Crippen molar-refractivity contribution in [1.29, 1.82) is 0 Å². The van der Waals surface area contributed by atoms with E-state index in [0.29, 0.717) is 37.0 Å². The predicted molar refractivity (Wildman–Crippen MR) is 117 cm³/mol. The van der Waals surface area contributed by atoms with Gasteiger partial charge in [-0.15, -0.1) is 24.0 Å². The number of hydrogen-bond acceptors (Lipinski definition) is 3. The van der Waals surface area contributed by atoms with Crippen LogP contribution in [-0.4, -0.2) is 24.2 Å². The lowest BCUT2D eigenvalue weighted by molar-refractivity contribution is 0.317. The largest absolute Gasteiger partial charge is 0.504 e. The molecular formula is C20H27FIN3O2. The van der Waals surface area contributed by atoms with E-state index in [9.17, 15) is 9.50 Å². The number of nitrogens with zero attached hydrogens (tertiary/aromatic N) is 1. The standard InChI is InChI=1S/C20H26FN3O2.HI/c1-4-22-20(23-12-15-6-8-17(21)14(3)10-15)24-13-16-7-9-18(25)19(11-16)26-5-2;/h6-11,25H,4-5,12-13H2,1-3H3,(H2,22,23,24);1H. The minimum absolute atomic E-state index is 0. The average Bonchev–Trinajstić information content (AvgIpc) is 2.63. The third-order valence-corrected chi connectivity index (χ3v) is 3.77. The van der Waals surface area contributed by atoms with Crippen LogP contribution in [0.4, 0.5) is 4.39 Å². The number of phenols is 1. The molecule has 0 aliphatic carbocycles. The summed E-state index contributed by atoms with van der Waals surface area (Å²) in [6, 6.07) is 10.3. The van der Waals surface area contributed by atoms with E-state index in [1.807, 2.05) is 19.9 Å². The van der Waals surface area contributed by atoms with Crippen LogP contribution in [0.5, 0.6) is 11.5 Å². The second-order valence-corrected chi connectivity index (χ2v) is 5.87. The van der Waals surface area contributed by atoms with Gasteiger partial charge in [0, 0.05) is 13.1 Å². The summed E-state index contributed by atoms with van der Waals surface area (Å²) in [5, 5.41) is 16.2. The fraction of sp³-hybridized carbons (Fsp3) is 0.350. The van der Waals surface area contributed by atoms with Gasteiger partial charge in [-0.3, -0.25) is 0 Å². The lowest BCUT2D eigenvalue weighted by Crippen LogP contribution is -2.36. The highest BCUT2D eigenvalue weighted by Gasteiger charge is 2.05. The van der Waals surface area contributed by atoms with Crippen molar-refractivity contribution < 1.29 is 14.2 Å². The molecule has 0 saturated carbocycles. The lowest BCUT2D eigenvalue weighted by atomic mass is 10.1. The van der Waals surface area contributed by atoms with Crippen molar-refractivity contribution in [3.05, 3.63) is 58.9 Å². The first-order chi connectivity index (χ1) is 12.5. The van der Waals surface area contributed by atoms with Gasteiger partial charge >= 0.3 is 0 Å². The molecule has 148 valence electrons. The van der Waals surface area contributed by atoms with Crippen molar-refractivity contribution in [2.45, 2.75) is 33.9 Å². The fourth-order valence-electron chi connectivity index (χ4n) is 2.44. The SMILES string of the molecule is CCNC(=NCc1ccc(F)c(C)c1)NCc1ccc(O)c(OCC)c1.I. The van der Waals surface area contributed by atoms with E-state index in [1.165, 1.54) is 6.07 Å². The van der Waals surface area contributed by atoms with Crippen molar-refractivity contribution in [3.63, 3.8) is 0 Å². The number of hydrogen-bond donors (Lipinski definition) is 3. The Morgan fingerprint density at radius 3 is 2.52 bits per heavy atom. The number of benzene rings is 2. The van der Waals surface area contributed by atoms with E-state index in [-0.39, 0.29) is 35.5 Å². The average molecular weight is 487 g/mol.